The Morgan fingerprint density at radius 3 is 0.667 bits per heavy atom. The third-order valence-electron chi connectivity index (χ3n) is 7.96. The number of hydrogen-bond donors (Lipinski definition) is 1. The van der Waals surface area contributed by atoms with Gasteiger partial charge in [-0.1, -0.05) is 140 Å². The minimum absolute atomic E-state index is 0.811. The number of hydrogen-bond acceptors (Lipinski definition) is 1. The molecule has 0 aliphatic heterocycles. The van der Waals surface area contributed by atoms with Crippen LogP contribution in [0.5, 0.6) is 0 Å². The van der Waals surface area contributed by atoms with Crippen LogP contribution in [0.1, 0.15) is 55.6 Å². The highest BCUT2D eigenvalue weighted by atomic mass is 14.5. The van der Waals surface area contributed by atoms with E-state index in [-0.39, 0.29) is 0 Å². The number of rotatable bonds is 10. The summed E-state index contributed by atoms with van der Waals surface area (Å²) in [5, 5.41) is 0. The molecule has 6 rings (SSSR count). The summed E-state index contributed by atoms with van der Waals surface area (Å²) >= 11 is 0. The number of benzene rings is 6. The number of nitrogens with two attached hydrogens (primary N) is 1. The molecule has 206 valence electrons. The highest BCUT2D eigenvalue weighted by molar-refractivity contribution is 5.41. The van der Waals surface area contributed by atoms with E-state index in [1.165, 1.54) is 55.6 Å². The van der Waals surface area contributed by atoms with Gasteiger partial charge in [0.15, 0.2) is 0 Å². The zero-order valence-corrected chi connectivity index (χ0v) is 24.0. The molecule has 42 heavy (non-hydrogen) atoms. The van der Waals surface area contributed by atoms with Crippen LogP contribution < -0.4 is 5.73 Å². The Morgan fingerprint density at radius 1 is 0.238 bits per heavy atom. The molecule has 1 heteroatoms. The molecule has 2 N–H and O–H groups in total. The van der Waals surface area contributed by atoms with Crippen molar-refractivity contribution in [1.82, 2.24) is 0 Å². The Labute approximate surface area is 250 Å². The molecule has 1 nitrogen and oxygen atoms in total. The lowest BCUT2D eigenvalue weighted by Gasteiger charge is -2.08. The van der Waals surface area contributed by atoms with Gasteiger partial charge in [0, 0.05) is 5.69 Å². The van der Waals surface area contributed by atoms with E-state index in [4.69, 9.17) is 5.73 Å². The molecule has 0 saturated heterocycles. The van der Waals surface area contributed by atoms with Crippen molar-refractivity contribution in [3.05, 3.63) is 207 Å². The van der Waals surface area contributed by atoms with Crippen LogP contribution in [0.3, 0.4) is 0 Å². The van der Waals surface area contributed by atoms with Gasteiger partial charge in [0.2, 0.25) is 0 Å². The second kappa shape index (κ2) is 13.2. The van der Waals surface area contributed by atoms with Crippen LogP contribution in [0.15, 0.2) is 152 Å². The Balaban J connectivity index is 0.991. The SMILES string of the molecule is Nc1ccc(Cc2ccc(Cc3ccc(Cc4ccc(Cc5ccc(Cc6ccccc6)cc5)cc4)cc3)cc2)cc1. The molecule has 0 fully saturated rings. The van der Waals surface area contributed by atoms with Crippen LogP contribution in [0, 0.1) is 0 Å². The molecule has 0 aliphatic carbocycles. The fraction of sp³-hybridized carbons (Fsp3) is 0.122. The summed E-state index contributed by atoms with van der Waals surface area (Å²) in [5.41, 5.74) is 20.0. The summed E-state index contributed by atoms with van der Waals surface area (Å²) in [6.07, 6.45) is 4.77. The van der Waals surface area contributed by atoms with Crippen LogP contribution in [-0.4, -0.2) is 0 Å². The third kappa shape index (κ3) is 7.65. The average molecular weight is 544 g/mol. The van der Waals surface area contributed by atoms with E-state index in [0.717, 1.165) is 37.8 Å². The van der Waals surface area contributed by atoms with Crippen LogP contribution in [0.25, 0.3) is 0 Å². The lowest BCUT2D eigenvalue weighted by molar-refractivity contribution is 1.12. The van der Waals surface area contributed by atoms with E-state index in [0.29, 0.717) is 0 Å². The maximum absolute atomic E-state index is 5.81. The van der Waals surface area contributed by atoms with Crippen molar-refractivity contribution in [2.45, 2.75) is 32.1 Å². The maximum Gasteiger partial charge on any atom is 0.0314 e. The minimum Gasteiger partial charge on any atom is -0.399 e. The summed E-state index contributed by atoms with van der Waals surface area (Å²) in [7, 11) is 0. The van der Waals surface area contributed by atoms with Crippen LogP contribution in [0.4, 0.5) is 5.69 Å². The van der Waals surface area contributed by atoms with Gasteiger partial charge in [-0.2, -0.15) is 0 Å². The van der Waals surface area contributed by atoms with Crippen molar-refractivity contribution < 1.29 is 0 Å². The lowest BCUT2D eigenvalue weighted by atomic mass is 9.97. The summed E-state index contributed by atoms with van der Waals surface area (Å²) in [6, 6.07) is 55.0. The van der Waals surface area contributed by atoms with Gasteiger partial charge in [0.25, 0.3) is 0 Å². The second-order valence-corrected chi connectivity index (χ2v) is 11.4. The number of nitrogen functional groups attached to an aromatic ring is 1. The van der Waals surface area contributed by atoms with Gasteiger partial charge in [0.05, 0.1) is 0 Å². The van der Waals surface area contributed by atoms with Crippen molar-refractivity contribution >= 4 is 5.69 Å². The first-order valence-electron chi connectivity index (χ1n) is 14.8. The van der Waals surface area contributed by atoms with E-state index in [9.17, 15) is 0 Å². The van der Waals surface area contributed by atoms with Gasteiger partial charge in [0.1, 0.15) is 0 Å². The van der Waals surface area contributed by atoms with Crippen LogP contribution in [0.2, 0.25) is 0 Å². The van der Waals surface area contributed by atoms with E-state index >= 15 is 0 Å². The molecular formula is C41H37N. The lowest BCUT2D eigenvalue weighted by Crippen LogP contribution is -1.94. The minimum atomic E-state index is 0.811. The highest BCUT2D eigenvalue weighted by Crippen LogP contribution is 2.19. The van der Waals surface area contributed by atoms with Crippen molar-refractivity contribution in [2.75, 3.05) is 5.73 Å². The monoisotopic (exact) mass is 543 g/mol. The maximum atomic E-state index is 5.81. The van der Waals surface area contributed by atoms with Crippen molar-refractivity contribution in [3.63, 3.8) is 0 Å². The third-order valence-corrected chi connectivity index (χ3v) is 7.96. The molecule has 0 saturated carbocycles. The van der Waals surface area contributed by atoms with Gasteiger partial charge < -0.3 is 5.73 Å². The quantitative estimate of drug-likeness (QED) is 0.171. The van der Waals surface area contributed by atoms with E-state index < -0.39 is 0 Å². The fourth-order valence-corrected chi connectivity index (χ4v) is 5.51. The fourth-order valence-electron chi connectivity index (χ4n) is 5.51. The van der Waals surface area contributed by atoms with Crippen molar-refractivity contribution in [3.8, 4) is 0 Å². The molecule has 0 aliphatic rings. The Hall–Kier alpha value is -4.88. The summed E-state index contributed by atoms with van der Waals surface area (Å²) < 4.78 is 0. The molecule has 0 atom stereocenters. The molecule has 6 aromatic carbocycles. The molecule has 0 aromatic heterocycles. The molecule has 0 spiro atoms. The highest BCUT2D eigenvalue weighted by Gasteiger charge is 2.03. The zero-order valence-electron chi connectivity index (χ0n) is 24.0. The van der Waals surface area contributed by atoms with Crippen molar-refractivity contribution in [2.24, 2.45) is 0 Å². The summed E-state index contributed by atoms with van der Waals surface area (Å²) in [4.78, 5) is 0. The summed E-state index contributed by atoms with van der Waals surface area (Å²) in [6.45, 7) is 0. The van der Waals surface area contributed by atoms with Crippen LogP contribution >= 0.6 is 0 Å². The van der Waals surface area contributed by atoms with E-state index in [1.54, 1.807) is 0 Å². The first-order valence-corrected chi connectivity index (χ1v) is 14.8. The Morgan fingerprint density at radius 2 is 0.429 bits per heavy atom. The second-order valence-electron chi connectivity index (χ2n) is 11.4. The molecule has 0 amide bonds. The van der Waals surface area contributed by atoms with E-state index in [2.05, 4.69) is 140 Å². The molecule has 6 aromatic rings. The van der Waals surface area contributed by atoms with Gasteiger partial charge >= 0.3 is 0 Å². The smallest absolute Gasteiger partial charge is 0.0314 e. The Bertz CT molecular complexity index is 1680. The first-order chi connectivity index (χ1) is 20.6. The molecule has 0 radical (unpaired) electrons. The predicted octanol–water partition coefficient (Wildman–Crippen LogP) is 9.22. The topological polar surface area (TPSA) is 26.0 Å². The molecular weight excluding hydrogens is 506 g/mol. The van der Waals surface area contributed by atoms with Crippen molar-refractivity contribution in [1.29, 1.82) is 0 Å². The number of anilines is 1. The molecule has 0 unspecified atom stereocenters. The predicted molar refractivity (Wildman–Crippen MR) is 177 cm³/mol. The standard InChI is InChI=1S/C41H37N/c42-41-24-22-40(23-25-41)30-39-20-18-38(19-21-39)29-37-16-14-36(15-17-37)28-35-12-10-34(11-13-35)27-33-8-6-32(7-9-33)26-31-4-2-1-3-5-31/h1-25H,26-30,42H2. The molecule has 0 heterocycles. The first kappa shape index (κ1) is 27.3. The van der Waals surface area contributed by atoms with Crippen LogP contribution in [-0.2, 0) is 32.1 Å². The van der Waals surface area contributed by atoms with Gasteiger partial charge in [-0.3, -0.25) is 0 Å². The Kier molecular flexibility index (Phi) is 8.57. The van der Waals surface area contributed by atoms with Gasteiger partial charge in [-0.05, 0) is 99.9 Å². The average Bonchev–Trinajstić information content (AvgIpc) is 3.03. The molecule has 0 bridgehead atoms. The summed E-state index contributed by atoms with van der Waals surface area (Å²) in [5.74, 6) is 0. The van der Waals surface area contributed by atoms with Gasteiger partial charge in [-0.25, -0.2) is 0 Å². The largest absolute Gasteiger partial charge is 0.399 e. The van der Waals surface area contributed by atoms with Gasteiger partial charge in [-0.15, -0.1) is 0 Å². The normalized spacial score (nSPS) is 11.0. The van der Waals surface area contributed by atoms with E-state index in [1.807, 2.05) is 12.1 Å². The zero-order chi connectivity index (χ0) is 28.6.